The Balaban J connectivity index is 2.60. The first kappa shape index (κ1) is 17.4. The van der Waals surface area contributed by atoms with Crippen molar-refractivity contribution < 1.29 is 14.6 Å². The Hall–Kier alpha value is -1.62. The van der Waals surface area contributed by atoms with Gasteiger partial charge in [-0.2, -0.15) is 0 Å². The van der Waals surface area contributed by atoms with E-state index in [2.05, 4.69) is 10.3 Å². The van der Waals surface area contributed by atoms with Crippen LogP contribution in [-0.2, 0) is 0 Å². The summed E-state index contributed by atoms with van der Waals surface area (Å²) in [6.07, 6.45) is 0.873. The molecule has 2 N–H and O–H groups in total. The van der Waals surface area contributed by atoms with Crippen molar-refractivity contribution in [1.82, 2.24) is 10.3 Å². The zero-order valence-electron chi connectivity index (χ0n) is 13.7. The van der Waals surface area contributed by atoms with Crippen molar-refractivity contribution in [2.75, 3.05) is 6.54 Å². The highest BCUT2D eigenvalue weighted by Crippen LogP contribution is 2.18. The van der Waals surface area contributed by atoms with E-state index < -0.39 is 6.10 Å². The molecule has 21 heavy (non-hydrogen) atoms. The van der Waals surface area contributed by atoms with E-state index in [9.17, 15) is 9.90 Å². The van der Waals surface area contributed by atoms with E-state index in [-0.39, 0.29) is 23.5 Å². The van der Waals surface area contributed by atoms with Crippen LogP contribution in [0, 0.1) is 5.41 Å². The summed E-state index contributed by atoms with van der Waals surface area (Å²) in [5.74, 6) is 0.224. The van der Waals surface area contributed by atoms with Gasteiger partial charge in [-0.15, -0.1) is 0 Å². The first-order valence-electron chi connectivity index (χ1n) is 7.10. The molecule has 0 spiro atoms. The van der Waals surface area contributed by atoms with Crippen LogP contribution < -0.4 is 10.1 Å². The number of ether oxygens (including phenoxy) is 1. The fourth-order valence-electron chi connectivity index (χ4n) is 1.49. The van der Waals surface area contributed by atoms with Gasteiger partial charge in [0.1, 0.15) is 5.60 Å². The lowest BCUT2D eigenvalue weighted by molar-refractivity contribution is 0.0586. The number of carbonyl (C=O) groups is 1. The topological polar surface area (TPSA) is 71.5 Å². The number of hydrogen-bond donors (Lipinski definition) is 2. The standard InChI is InChI=1S/C16H26N2O3/c1-15(2,3)12(19)10-18-14(20)11-7-8-13(17-9-11)21-16(4,5)6/h7-9,12,19H,10H2,1-6H3,(H,18,20). The van der Waals surface area contributed by atoms with Gasteiger partial charge >= 0.3 is 0 Å². The Bertz CT molecular complexity index is 470. The number of carbonyl (C=O) groups excluding carboxylic acids is 1. The van der Waals surface area contributed by atoms with Crippen molar-refractivity contribution in [2.24, 2.45) is 5.41 Å². The summed E-state index contributed by atoms with van der Waals surface area (Å²) >= 11 is 0. The van der Waals surface area contributed by atoms with E-state index >= 15 is 0 Å². The van der Waals surface area contributed by atoms with Crippen molar-refractivity contribution >= 4 is 5.91 Å². The third-order valence-electron chi connectivity index (χ3n) is 2.86. The van der Waals surface area contributed by atoms with Gasteiger partial charge in [-0.3, -0.25) is 4.79 Å². The van der Waals surface area contributed by atoms with Gasteiger partial charge in [-0.1, -0.05) is 20.8 Å². The second kappa shape index (κ2) is 6.43. The summed E-state index contributed by atoms with van der Waals surface area (Å²) < 4.78 is 5.60. The van der Waals surface area contributed by atoms with Crippen LogP contribution in [0.15, 0.2) is 18.3 Å². The molecule has 0 aliphatic rings. The molecule has 1 aromatic rings. The molecule has 5 nitrogen and oxygen atoms in total. The molecular formula is C16H26N2O3. The quantitative estimate of drug-likeness (QED) is 0.894. The smallest absolute Gasteiger partial charge is 0.252 e. The van der Waals surface area contributed by atoms with Crippen molar-refractivity contribution in [3.05, 3.63) is 23.9 Å². The predicted molar refractivity (Wildman–Crippen MR) is 82.4 cm³/mol. The number of pyridine rings is 1. The van der Waals surface area contributed by atoms with E-state index in [4.69, 9.17) is 4.74 Å². The molecule has 0 saturated carbocycles. The second-order valence-corrected chi connectivity index (χ2v) is 7.19. The molecule has 118 valence electrons. The van der Waals surface area contributed by atoms with Gasteiger partial charge in [-0.05, 0) is 32.3 Å². The third-order valence-corrected chi connectivity index (χ3v) is 2.86. The van der Waals surface area contributed by atoms with Crippen molar-refractivity contribution in [1.29, 1.82) is 0 Å². The molecule has 1 unspecified atom stereocenters. The predicted octanol–water partition coefficient (Wildman–Crippen LogP) is 2.40. The first-order valence-corrected chi connectivity index (χ1v) is 7.10. The van der Waals surface area contributed by atoms with Crippen molar-refractivity contribution in [2.45, 2.75) is 53.2 Å². The number of hydrogen-bond acceptors (Lipinski definition) is 4. The molecule has 0 bridgehead atoms. The second-order valence-electron chi connectivity index (χ2n) is 7.19. The average Bonchev–Trinajstić information content (AvgIpc) is 2.33. The zero-order chi connectivity index (χ0) is 16.3. The monoisotopic (exact) mass is 294 g/mol. The van der Waals surface area contributed by atoms with Crippen LogP contribution in [0.25, 0.3) is 0 Å². The molecule has 5 heteroatoms. The van der Waals surface area contributed by atoms with Crippen LogP contribution >= 0.6 is 0 Å². The number of amides is 1. The van der Waals surface area contributed by atoms with Gasteiger partial charge < -0.3 is 15.2 Å². The number of nitrogens with one attached hydrogen (secondary N) is 1. The highest BCUT2D eigenvalue weighted by Gasteiger charge is 2.22. The number of rotatable bonds is 4. The molecule has 1 amide bonds. The molecule has 0 aromatic carbocycles. The molecule has 0 saturated heterocycles. The number of nitrogens with zero attached hydrogens (tertiary/aromatic N) is 1. The molecule has 0 aliphatic carbocycles. The Morgan fingerprint density at radius 1 is 1.29 bits per heavy atom. The van der Waals surface area contributed by atoms with Gasteiger partial charge in [0.2, 0.25) is 5.88 Å². The maximum absolute atomic E-state index is 12.0. The maximum atomic E-state index is 12.0. The first-order chi connectivity index (χ1) is 9.49. The minimum atomic E-state index is -0.599. The number of aromatic nitrogens is 1. The highest BCUT2D eigenvalue weighted by atomic mass is 16.5. The fourth-order valence-corrected chi connectivity index (χ4v) is 1.49. The minimum Gasteiger partial charge on any atom is -0.472 e. The molecule has 1 aromatic heterocycles. The lowest BCUT2D eigenvalue weighted by Gasteiger charge is -2.25. The average molecular weight is 294 g/mol. The van der Waals surface area contributed by atoms with Crippen LogP contribution in [0.3, 0.4) is 0 Å². The molecular weight excluding hydrogens is 268 g/mol. The summed E-state index contributed by atoms with van der Waals surface area (Å²) in [7, 11) is 0. The summed E-state index contributed by atoms with van der Waals surface area (Å²) in [6.45, 7) is 11.8. The van der Waals surface area contributed by atoms with E-state index in [1.54, 1.807) is 12.1 Å². The van der Waals surface area contributed by atoms with Crippen LogP contribution in [0.4, 0.5) is 0 Å². The van der Waals surface area contributed by atoms with Gasteiger partial charge in [0.15, 0.2) is 0 Å². The van der Waals surface area contributed by atoms with Crippen LogP contribution in [0.5, 0.6) is 5.88 Å². The van der Waals surface area contributed by atoms with Crippen LogP contribution in [-0.4, -0.2) is 34.2 Å². The van der Waals surface area contributed by atoms with Gasteiger partial charge in [0, 0.05) is 18.8 Å². The Labute approximate surface area is 126 Å². The molecule has 1 atom stereocenters. The van der Waals surface area contributed by atoms with Crippen molar-refractivity contribution in [3.63, 3.8) is 0 Å². The van der Waals surface area contributed by atoms with E-state index in [0.29, 0.717) is 11.4 Å². The van der Waals surface area contributed by atoms with Crippen LogP contribution in [0.1, 0.15) is 51.9 Å². The van der Waals surface area contributed by atoms with Gasteiger partial charge in [0.25, 0.3) is 5.91 Å². The zero-order valence-corrected chi connectivity index (χ0v) is 13.7. The van der Waals surface area contributed by atoms with Gasteiger partial charge in [0.05, 0.1) is 11.7 Å². The van der Waals surface area contributed by atoms with E-state index in [1.165, 1.54) is 6.20 Å². The minimum absolute atomic E-state index is 0.211. The summed E-state index contributed by atoms with van der Waals surface area (Å²) in [5.41, 5.74) is -0.152. The highest BCUT2D eigenvalue weighted by molar-refractivity contribution is 5.93. The fraction of sp³-hybridized carbons (Fsp3) is 0.625. The summed E-state index contributed by atoms with van der Waals surface area (Å²) in [5, 5.41) is 12.6. The van der Waals surface area contributed by atoms with Gasteiger partial charge in [-0.25, -0.2) is 4.98 Å². The van der Waals surface area contributed by atoms with Crippen molar-refractivity contribution in [3.8, 4) is 5.88 Å². The number of aliphatic hydroxyl groups is 1. The Morgan fingerprint density at radius 2 is 1.90 bits per heavy atom. The summed E-state index contributed by atoms with van der Waals surface area (Å²) in [6, 6.07) is 3.33. The molecule has 0 aliphatic heterocycles. The largest absolute Gasteiger partial charge is 0.472 e. The third kappa shape index (κ3) is 6.12. The molecule has 0 radical (unpaired) electrons. The normalized spacial score (nSPS) is 13.7. The molecule has 1 heterocycles. The SMILES string of the molecule is CC(C)(C)Oc1ccc(C(=O)NCC(O)C(C)(C)C)cn1. The molecule has 0 fully saturated rings. The number of aliphatic hydroxyl groups excluding tert-OH is 1. The van der Waals surface area contributed by atoms with E-state index in [0.717, 1.165) is 0 Å². The summed E-state index contributed by atoms with van der Waals surface area (Å²) in [4.78, 5) is 16.1. The lowest BCUT2D eigenvalue weighted by atomic mass is 9.89. The maximum Gasteiger partial charge on any atom is 0.252 e. The molecule has 1 rings (SSSR count). The Kier molecular flexibility index (Phi) is 5.34. The van der Waals surface area contributed by atoms with E-state index in [1.807, 2.05) is 41.5 Å². The van der Waals surface area contributed by atoms with Crippen LogP contribution in [0.2, 0.25) is 0 Å². The Morgan fingerprint density at radius 3 is 2.33 bits per heavy atom. The lowest BCUT2D eigenvalue weighted by Crippen LogP contribution is -2.39.